The maximum absolute atomic E-state index is 11.6. The summed E-state index contributed by atoms with van der Waals surface area (Å²) < 4.78 is 8.90. The molecule has 0 aliphatic rings. The predicted molar refractivity (Wildman–Crippen MR) is 108 cm³/mol. The highest BCUT2D eigenvalue weighted by Gasteiger charge is 2.18. The lowest BCUT2D eigenvalue weighted by molar-refractivity contribution is -0.117. The van der Waals surface area contributed by atoms with Crippen molar-refractivity contribution in [1.82, 2.24) is 4.57 Å². The van der Waals surface area contributed by atoms with Crippen LogP contribution in [0.4, 0.5) is 0 Å². The van der Waals surface area contributed by atoms with E-state index in [4.69, 9.17) is 10.5 Å². The first-order chi connectivity index (χ1) is 12.6. The van der Waals surface area contributed by atoms with E-state index in [0.29, 0.717) is 13.2 Å². The van der Waals surface area contributed by atoms with Crippen molar-refractivity contribution in [2.24, 2.45) is 5.73 Å². The van der Waals surface area contributed by atoms with Crippen LogP contribution < -0.4 is 10.5 Å². The summed E-state index contributed by atoms with van der Waals surface area (Å²) >= 11 is 3.68. The third-order valence-electron chi connectivity index (χ3n) is 4.37. The largest absolute Gasteiger partial charge is 0.494 e. The van der Waals surface area contributed by atoms with Crippen molar-refractivity contribution in [1.29, 1.82) is 0 Å². The summed E-state index contributed by atoms with van der Waals surface area (Å²) in [6.07, 6.45) is 2.30. The van der Waals surface area contributed by atoms with Crippen LogP contribution in [0.1, 0.15) is 30.9 Å². The lowest BCUT2D eigenvalue weighted by Crippen LogP contribution is -2.14. The summed E-state index contributed by atoms with van der Waals surface area (Å²) in [6, 6.07) is 16.3. The number of nitrogens with zero attached hydrogens (tertiary/aromatic N) is 1. The molecule has 2 aromatic carbocycles. The zero-order valence-corrected chi connectivity index (χ0v) is 16.5. The average Bonchev–Trinajstić information content (AvgIpc) is 2.88. The minimum atomic E-state index is -0.346. The Bertz CT molecular complexity index is 903. The van der Waals surface area contributed by atoms with E-state index in [0.717, 1.165) is 39.7 Å². The van der Waals surface area contributed by atoms with E-state index in [-0.39, 0.29) is 12.3 Å². The fourth-order valence-electron chi connectivity index (χ4n) is 3.06. The fourth-order valence-corrected chi connectivity index (χ4v) is 3.73. The van der Waals surface area contributed by atoms with Gasteiger partial charge in [-0.25, -0.2) is 0 Å². The molecule has 1 heterocycles. The normalized spacial score (nSPS) is 11.0. The van der Waals surface area contributed by atoms with Crippen molar-refractivity contribution in [3.05, 3.63) is 64.3 Å². The Kier molecular flexibility index (Phi) is 5.99. The molecule has 0 radical (unpaired) electrons. The fraction of sp³-hybridized carbons (Fsp3) is 0.286. The van der Waals surface area contributed by atoms with Gasteiger partial charge in [-0.05, 0) is 46.1 Å². The van der Waals surface area contributed by atoms with Gasteiger partial charge in [0.15, 0.2) is 0 Å². The second-order valence-corrected chi connectivity index (χ2v) is 7.12. The van der Waals surface area contributed by atoms with E-state index in [1.165, 1.54) is 5.56 Å². The highest BCUT2D eigenvalue weighted by molar-refractivity contribution is 9.10. The molecule has 0 atom stereocenters. The molecule has 1 amide bonds. The number of halogens is 1. The monoisotopic (exact) mass is 414 g/mol. The Morgan fingerprint density at radius 1 is 1.19 bits per heavy atom. The SMILES string of the molecule is CCCCOc1ccc2c(c1)c(CC(N)=O)c(Br)n2Cc1ccccc1. The maximum Gasteiger partial charge on any atom is 0.221 e. The molecule has 0 saturated carbocycles. The first-order valence-corrected chi connectivity index (χ1v) is 9.65. The second-order valence-electron chi connectivity index (χ2n) is 6.37. The summed E-state index contributed by atoms with van der Waals surface area (Å²) in [7, 11) is 0. The molecule has 0 aliphatic carbocycles. The smallest absolute Gasteiger partial charge is 0.221 e. The van der Waals surface area contributed by atoms with Gasteiger partial charge in [0.1, 0.15) is 5.75 Å². The Labute approximate surface area is 162 Å². The van der Waals surface area contributed by atoms with Gasteiger partial charge in [0.2, 0.25) is 5.91 Å². The zero-order valence-electron chi connectivity index (χ0n) is 14.9. The van der Waals surface area contributed by atoms with E-state index < -0.39 is 0 Å². The van der Waals surface area contributed by atoms with Crippen LogP contribution in [-0.4, -0.2) is 17.1 Å². The van der Waals surface area contributed by atoms with Gasteiger partial charge in [0.05, 0.1) is 17.6 Å². The van der Waals surface area contributed by atoms with Crippen LogP contribution in [-0.2, 0) is 17.8 Å². The number of unbranched alkanes of at least 4 members (excludes halogenated alkanes) is 1. The summed E-state index contributed by atoms with van der Waals surface area (Å²) in [5.41, 5.74) is 8.64. The van der Waals surface area contributed by atoms with Crippen molar-refractivity contribution >= 4 is 32.7 Å². The van der Waals surface area contributed by atoms with E-state index in [1.54, 1.807) is 0 Å². The number of aromatic nitrogens is 1. The van der Waals surface area contributed by atoms with Gasteiger partial charge in [-0.1, -0.05) is 43.7 Å². The lowest BCUT2D eigenvalue weighted by Gasteiger charge is -2.09. The van der Waals surface area contributed by atoms with Gasteiger partial charge in [-0.15, -0.1) is 0 Å². The molecule has 136 valence electrons. The molecule has 0 saturated heterocycles. The molecule has 5 heteroatoms. The number of primary amides is 1. The van der Waals surface area contributed by atoms with Gasteiger partial charge in [-0.2, -0.15) is 0 Å². The summed E-state index contributed by atoms with van der Waals surface area (Å²) in [6.45, 7) is 3.55. The van der Waals surface area contributed by atoms with E-state index in [1.807, 2.05) is 30.3 Å². The van der Waals surface area contributed by atoms with Crippen LogP contribution in [0.5, 0.6) is 5.75 Å². The van der Waals surface area contributed by atoms with Crippen molar-refractivity contribution in [3.8, 4) is 5.75 Å². The number of carbonyl (C=O) groups is 1. The van der Waals surface area contributed by atoms with Crippen molar-refractivity contribution in [2.75, 3.05) is 6.61 Å². The molecule has 0 aliphatic heterocycles. The van der Waals surface area contributed by atoms with Crippen molar-refractivity contribution in [3.63, 3.8) is 0 Å². The minimum Gasteiger partial charge on any atom is -0.494 e. The Morgan fingerprint density at radius 2 is 1.96 bits per heavy atom. The standard InChI is InChI=1S/C21H23BrN2O2/c1-2-3-11-26-16-9-10-19-17(12-16)18(13-20(23)25)21(22)24(19)14-15-7-5-4-6-8-15/h4-10,12H,2-3,11,13-14H2,1H3,(H2,23,25). The van der Waals surface area contributed by atoms with Crippen LogP contribution in [0.25, 0.3) is 10.9 Å². The van der Waals surface area contributed by atoms with Crippen LogP contribution in [0.3, 0.4) is 0 Å². The number of rotatable bonds is 8. The molecule has 3 rings (SSSR count). The Morgan fingerprint density at radius 3 is 2.65 bits per heavy atom. The van der Waals surface area contributed by atoms with Crippen molar-refractivity contribution < 1.29 is 9.53 Å². The molecule has 0 fully saturated rings. The topological polar surface area (TPSA) is 57.2 Å². The number of hydrogen-bond acceptors (Lipinski definition) is 2. The molecule has 0 spiro atoms. The molecule has 3 aromatic rings. The summed E-state index contributed by atoms with van der Waals surface area (Å²) in [4.78, 5) is 11.6. The van der Waals surface area contributed by atoms with Crippen LogP contribution >= 0.6 is 15.9 Å². The van der Waals surface area contributed by atoms with Gasteiger partial charge >= 0.3 is 0 Å². The first kappa shape index (κ1) is 18.5. The van der Waals surface area contributed by atoms with Gasteiger partial charge in [0.25, 0.3) is 0 Å². The third kappa shape index (κ3) is 4.10. The Balaban J connectivity index is 2.03. The number of nitrogens with two attached hydrogens (primary N) is 1. The quantitative estimate of drug-likeness (QED) is 0.544. The van der Waals surface area contributed by atoms with Gasteiger partial charge < -0.3 is 15.0 Å². The Hall–Kier alpha value is -2.27. The molecule has 4 nitrogen and oxygen atoms in total. The number of hydrogen-bond donors (Lipinski definition) is 1. The third-order valence-corrected chi connectivity index (χ3v) is 5.28. The average molecular weight is 415 g/mol. The van der Waals surface area contributed by atoms with Crippen LogP contribution in [0.15, 0.2) is 53.1 Å². The molecule has 1 aromatic heterocycles. The molecular weight excluding hydrogens is 392 g/mol. The van der Waals surface area contributed by atoms with Crippen LogP contribution in [0.2, 0.25) is 0 Å². The number of fused-ring (bicyclic) bond motifs is 1. The highest BCUT2D eigenvalue weighted by Crippen LogP contribution is 2.34. The number of carbonyl (C=O) groups excluding carboxylic acids is 1. The molecule has 2 N–H and O–H groups in total. The number of ether oxygens (including phenoxy) is 1. The molecule has 26 heavy (non-hydrogen) atoms. The van der Waals surface area contributed by atoms with E-state index >= 15 is 0 Å². The predicted octanol–water partition coefficient (Wildman–Crippen LogP) is 4.66. The zero-order chi connectivity index (χ0) is 18.5. The molecular formula is C21H23BrN2O2. The van der Waals surface area contributed by atoms with Gasteiger partial charge in [-0.3, -0.25) is 4.79 Å². The van der Waals surface area contributed by atoms with Gasteiger partial charge in [0, 0.05) is 23.0 Å². The minimum absolute atomic E-state index is 0.192. The second kappa shape index (κ2) is 8.41. The highest BCUT2D eigenvalue weighted by atomic mass is 79.9. The first-order valence-electron chi connectivity index (χ1n) is 8.85. The molecule has 0 bridgehead atoms. The van der Waals surface area contributed by atoms with Crippen LogP contribution in [0, 0.1) is 0 Å². The van der Waals surface area contributed by atoms with Crippen molar-refractivity contribution in [2.45, 2.75) is 32.7 Å². The van der Waals surface area contributed by atoms with E-state index in [2.05, 4.69) is 45.6 Å². The van der Waals surface area contributed by atoms with E-state index in [9.17, 15) is 4.79 Å². The number of benzene rings is 2. The summed E-state index contributed by atoms with van der Waals surface area (Å²) in [5, 5.41) is 1.00. The molecule has 0 unspecified atom stereocenters. The maximum atomic E-state index is 11.6. The summed E-state index contributed by atoms with van der Waals surface area (Å²) in [5.74, 6) is 0.475. The number of amides is 1. The lowest BCUT2D eigenvalue weighted by atomic mass is 10.1.